The lowest BCUT2D eigenvalue weighted by molar-refractivity contribution is 0.0556. The molecule has 12 heavy (non-hydrogen) atoms. The van der Waals surface area contributed by atoms with Gasteiger partial charge in [0.25, 0.3) is 0 Å². The van der Waals surface area contributed by atoms with E-state index in [2.05, 4.69) is 25.7 Å². The van der Waals surface area contributed by atoms with E-state index < -0.39 is 0 Å². The molecule has 1 aliphatic carbocycles. The fourth-order valence-corrected chi connectivity index (χ4v) is 2.29. The first-order chi connectivity index (χ1) is 5.66. The molecule has 72 valence electrons. The summed E-state index contributed by atoms with van der Waals surface area (Å²) in [6.07, 6.45) is 3.28. The minimum absolute atomic E-state index is 0.0765. The Kier molecular flexibility index (Phi) is 3.53. The molecule has 0 amide bonds. The highest BCUT2D eigenvalue weighted by Gasteiger charge is 2.30. The van der Waals surface area contributed by atoms with Gasteiger partial charge in [0.2, 0.25) is 0 Å². The maximum Gasteiger partial charge on any atom is 0.0695 e. The summed E-state index contributed by atoms with van der Waals surface area (Å²) in [4.78, 5) is 2.40. The summed E-state index contributed by atoms with van der Waals surface area (Å²) >= 11 is 0. The maximum absolute atomic E-state index is 9.70. The van der Waals surface area contributed by atoms with Gasteiger partial charge < -0.3 is 5.11 Å². The third kappa shape index (κ3) is 1.99. The van der Waals surface area contributed by atoms with Crippen LogP contribution in [0.25, 0.3) is 0 Å². The van der Waals surface area contributed by atoms with Crippen molar-refractivity contribution < 1.29 is 5.11 Å². The van der Waals surface area contributed by atoms with Crippen molar-refractivity contribution >= 4 is 0 Å². The Morgan fingerprint density at radius 3 is 2.42 bits per heavy atom. The molecular weight excluding hydrogens is 150 g/mol. The number of hydrogen-bond donors (Lipinski definition) is 1. The molecule has 0 saturated heterocycles. The molecule has 2 atom stereocenters. The predicted octanol–water partition coefficient (Wildman–Crippen LogP) is 1.63. The Morgan fingerprint density at radius 1 is 1.42 bits per heavy atom. The van der Waals surface area contributed by atoms with E-state index in [1.807, 2.05) is 0 Å². The zero-order chi connectivity index (χ0) is 9.14. The summed E-state index contributed by atoms with van der Waals surface area (Å²) in [6.45, 7) is 7.63. The molecule has 0 unspecified atom stereocenters. The summed E-state index contributed by atoms with van der Waals surface area (Å²) < 4.78 is 0. The molecule has 1 fully saturated rings. The second-order valence-electron chi connectivity index (χ2n) is 3.99. The second-order valence-corrected chi connectivity index (χ2v) is 3.99. The minimum Gasteiger partial charge on any atom is -0.391 e. The van der Waals surface area contributed by atoms with Crippen molar-refractivity contribution in [1.29, 1.82) is 0 Å². The number of rotatable bonds is 3. The van der Waals surface area contributed by atoms with Crippen molar-refractivity contribution in [3.63, 3.8) is 0 Å². The summed E-state index contributed by atoms with van der Waals surface area (Å²) in [6, 6.07) is 0.989. The van der Waals surface area contributed by atoms with Gasteiger partial charge in [-0.15, -0.1) is 0 Å². The average Bonchev–Trinajstić information content (AvgIpc) is 2.38. The molecule has 0 aliphatic heterocycles. The molecule has 1 rings (SSSR count). The standard InChI is InChI=1S/C10H21NO/c1-4-11(8(2)3)9-6-5-7-10(9)12/h8-10,12H,4-7H2,1-3H3/t9-,10-/m1/s1. The van der Waals surface area contributed by atoms with Crippen LogP contribution in [0.3, 0.4) is 0 Å². The van der Waals surface area contributed by atoms with Crippen LogP contribution in [0.4, 0.5) is 0 Å². The number of aliphatic hydroxyl groups excluding tert-OH is 1. The first-order valence-corrected chi connectivity index (χ1v) is 5.10. The lowest BCUT2D eigenvalue weighted by Crippen LogP contribution is -2.44. The number of aliphatic hydroxyl groups is 1. The Hall–Kier alpha value is -0.0800. The van der Waals surface area contributed by atoms with Crippen molar-refractivity contribution in [2.24, 2.45) is 0 Å². The van der Waals surface area contributed by atoms with E-state index in [4.69, 9.17) is 0 Å². The quantitative estimate of drug-likeness (QED) is 0.697. The van der Waals surface area contributed by atoms with Crippen LogP contribution in [0.1, 0.15) is 40.0 Å². The molecule has 0 radical (unpaired) electrons. The number of hydrogen-bond acceptors (Lipinski definition) is 2. The normalized spacial score (nSPS) is 30.5. The van der Waals surface area contributed by atoms with Crippen molar-refractivity contribution in [1.82, 2.24) is 4.90 Å². The highest BCUT2D eigenvalue weighted by molar-refractivity contribution is 4.85. The van der Waals surface area contributed by atoms with Crippen LogP contribution in [-0.4, -0.2) is 34.7 Å². The van der Waals surface area contributed by atoms with Crippen LogP contribution in [0.5, 0.6) is 0 Å². The predicted molar refractivity (Wildman–Crippen MR) is 51.2 cm³/mol. The Morgan fingerprint density at radius 2 is 2.08 bits per heavy atom. The average molecular weight is 171 g/mol. The van der Waals surface area contributed by atoms with E-state index >= 15 is 0 Å². The molecule has 0 bridgehead atoms. The van der Waals surface area contributed by atoms with Gasteiger partial charge in [-0.05, 0) is 39.7 Å². The van der Waals surface area contributed by atoms with Crippen molar-refractivity contribution in [3.05, 3.63) is 0 Å². The third-order valence-electron chi connectivity index (χ3n) is 2.90. The van der Waals surface area contributed by atoms with Crippen LogP contribution < -0.4 is 0 Å². The van der Waals surface area contributed by atoms with Gasteiger partial charge in [-0.25, -0.2) is 0 Å². The first-order valence-electron chi connectivity index (χ1n) is 5.10. The molecule has 0 heterocycles. The van der Waals surface area contributed by atoms with Gasteiger partial charge in [0.15, 0.2) is 0 Å². The Balaban J connectivity index is 2.52. The molecule has 0 aromatic heterocycles. The monoisotopic (exact) mass is 171 g/mol. The minimum atomic E-state index is -0.0765. The van der Waals surface area contributed by atoms with Crippen LogP contribution in [0.2, 0.25) is 0 Å². The fraction of sp³-hybridized carbons (Fsp3) is 1.00. The molecular formula is C10H21NO. The molecule has 2 nitrogen and oxygen atoms in total. The van der Waals surface area contributed by atoms with Gasteiger partial charge >= 0.3 is 0 Å². The largest absolute Gasteiger partial charge is 0.391 e. The smallest absolute Gasteiger partial charge is 0.0695 e. The lowest BCUT2D eigenvalue weighted by atomic mass is 10.1. The first kappa shape index (κ1) is 10.0. The molecule has 1 aliphatic rings. The van der Waals surface area contributed by atoms with E-state index in [0.717, 1.165) is 13.0 Å². The third-order valence-corrected chi connectivity index (χ3v) is 2.90. The lowest BCUT2D eigenvalue weighted by Gasteiger charge is -2.33. The molecule has 0 aromatic rings. The molecule has 2 heteroatoms. The van der Waals surface area contributed by atoms with Crippen LogP contribution in [0, 0.1) is 0 Å². The second kappa shape index (κ2) is 4.24. The number of likely N-dealkylation sites (N-methyl/N-ethyl adjacent to an activating group) is 1. The summed E-state index contributed by atoms with van der Waals surface area (Å²) in [7, 11) is 0. The van der Waals surface area contributed by atoms with Gasteiger partial charge in [-0.1, -0.05) is 6.92 Å². The van der Waals surface area contributed by atoms with Crippen LogP contribution >= 0.6 is 0 Å². The highest BCUT2D eigenvalue weighted by atomic mass is 16.3. The van der Waals surface area contributed by atoms with Crippen molar-refractivity contribution in [3.8, 4) is 0 Å². The topological polar surface area (TPSA) is 23.5 Å². The maximum atomic E-state index is 9.70. The summed E-state index contributed by atoms with van der Waals surface area (Å²) in [5.74, 6) is 0. The molecule has 1 N–H and O–H groups in total. The van der Waals surface area contributed by atoms with Crippen LogP contribution in [-0.2, 0) is 0 Å². The van der Waals surface area contributed by atoms with Gasteiger partial charge in [0, 0.05) is 12.1 Å². The van der Waals surface area contributed by atoms with E-state index in [1.165, 1.54) is 12.8 Å². The molecule has 1 saturated carbocycles. The van der Waals surface area contributed by atoms with Crippen LogP contribution in [0.15, 0.2) is 0 Å². The van der Waals surface area contributed by atoms with E-state index in [0.29, 0.717) is 12.1 Å². The van der Waals surface area contributed by atoms with Gasteiger partial charge in [0.1, 0.15) is 0 Å². The summed E-state index contributed by atoms with van der Waals surface area (Å²) in [5, 5.41) is 9.70. The van der Waals surface area contributed by atoms with E-state index in [9.17, 15) is 5.11 Å². The molecule has 0 aromatic carbocycles. The van der Waals surface area contributed by atoms with Gasteiger partial charge in [0.05, 0.1) is 6.10 Å². The van der Waals surface area contributed by atoms with E-state index in [1.54, 1.807) is 0 Å². The fourth-order valence-electron chi connectivity index (χ4n) is 2.29. The summed E-state index contributed by atoms with van der Waals surface area (Å²) in [5.41, 5.74) is 0. The SMILES string of the molecule is CCN(C(C)C)[C@@H]1CCC[C@H]1O. The zero-order valence-corrected chi connectivity index (χ0v) is 8.45. The Labute approximate surface area is 75.6 Å². The van der Waals surface area contributed by atoms with Crippen molar-refractivity contribution in [2.45, 2.75) is 58.2 Å². The molecule has 0 spiro atoms. The zero-order valence-electron chi connectivity index (χ0n) is 8.45. The van der Waals surface area contributed by atoms with Gasteiger partial charge in [-0.2, -0.15) is 0 Å². The van der Waals surface area contributed by atoms with Crippen molar-refractivity contribution in [2.75, 3.05) is 6.54 Å². The Bertz CT molecular complexity index is 136. The van der Waals surface area contributed by atoms with E-state index in [-0.39, 0.29) is 6.10 Å². The van der Waals surface area contributed by atoms with Gasteiger partial charge in [-0.3, -0.25) is 4.90 Å². The number of nitrogens with zero attached hydrogens (tertiary/aromatic N) is 1. The highest BCUT2D eigenvalue weighted by Crippen LogP contribution is 2.25.